The van der Waals surface area contributed by atoms with E-state index >= 15 is 0 Å². The van der Waals surface area contributed by atoms with Gasteiger partial charge in [-0.2, -0.15) is 0 Å². The maximum atomic E-state index is 5.96. The molecule has 4 nitrogen and oxygen atoms in total. The molecule has 0 spiro atoms. The van der Waals surface area contributed by atoms with Crippen LogP contribution in [0.1, 0.15) is 22.6 Å². The fraction of sp³-hybridized carbons (Fsp3) is 0.156. The number of hydrogen-bond donors (Lipinski definition) is 0. The summed E-state index contributed by atoms with van der Waals surface area (Å²) in [6.45, 7) is 3.50. The summed E-state index contributed by atoms with van der Waals surface area (Å²) in [6, 6.07) is 37.9. The summed E-state index contributed by atoms with van der Waals surface area (Å²) in [5.74, 6) is 2.15. The van der Waals surface area contributed by atoms with Crippen LogP contribution in [0.15, 0.2) is 108 Å². The van der Waals surface area contributed by atoms with Gasteiger partial charge in [0, 0.05) is 18.1 Å². The number of hydrogen-bond acceptors (Lipinski definition) is 4. The van der Waals surface area contributed by atoms with Crippen molar-refractivity contribution < 1.29 is 13.9 Å². The number of benzene rings is 4. The van der Waals surface area contributed by atoms with Gasteiger partial charge >= 0.3 is 0 Å². The number of oxazole rings is 1. The summed E-state index contributed by atoms with van der Waals surface area (Å²) >= 11 is 0. The average Bonchev–Trinajstić information content (AvgIpc) is 3.30. The normalized spacial score (nSPS) is 10.9. The molecule has 1 heterocycles. The van der Waals surface area contributed by atoms with Gasteiger partial charge in [-0.3, -0.25) is 0 Å². The maximum Gasteiger partial charge on any atom is 0.226 e. The lowest BCUT2D eigenvalue weighted by molar-refractivity contribution is 0.107. The highest BCUT2D eigenvalue weighted by atomic mass is 16.5. The van der Waals surface area contributed by atoms with Crippen LogP contribution < -0.4 is 4.74 Å². The summed E-state index contributed by atoms with van der Waals surface area (Å²) in [7, 11) is 0. The zero-order valence-corrected chi connectivity index (χ0v) is 20.3. The summed E-state index contributed by atoms with van der Waals surface area (Å²) < 4.78 is 17.7. The van der Waals surface area contributed by atoms with Gasteiger partial charge in [-0.15, -0.1) is 0 Å². The molecular formula is C32H28NO3. The minimum atomic E-state index is 0.487. The fourth-order valence-electron chi connectivity index (χ4n) is 3.99. The Labute approximate surface area is 212 Å². The van der Waals surface area contributed by atoms with Crippen molar-refractivity contribution in [2.24, 2.45) is 0 Å². The monoisotopic (exact) mass is 474 g/mol. The second kappa shape index (κ2) is 11.5. The number of rotatable bonds is 10. The molecule has 0 saturated carbocycles. The van der Waals surface area contributed by atoms with Crippen molar-refractivity contribution in [2.45, 2.75) is 26.6 Å². The third kappa shape index (κ3) is 6.09. The lowest BCUT2D eigenvalue weighted by Gasteiger charge is -2.08. The third-order valence-electron chi connectivity index (χ3n) is 5.93. The lowest BCUT2D eigenvalue weighted by atomic mass is 10.0. The molecule has 0 N–H and O–H groups in total. The van der Waals surface area contributed by atoms with Gasteiger partial charge in [0.2, 0.25) is 5.89 Å². The molecular weight excluding hydrogens is 446 g/mol. The van der Waals surface area contributed by atoms with Crippen molar-refractivity contribution in [1.82, 2.24) is 4.98 Å². The van der Waals surface area contributed by atoms with Crippen LogP contribution in [-0.2, 0) is 24.4 Å². The highest BCUT2D eigenvalue weighted by Crippen LogP contribution is 2.26. The molecule has 5 aromatic rings. The predicted molar refractivity (Wildman–Crippen MR) is 142 cm³/mol. The molecule has 0 atom stereocenters. The largest absolute Gasteiger partial charge is 0.493 e. The first-order valence-electron chi connectivity index (χ1n) is 12.1. The highest BCUT2D eigenvalue weighted by Gasteiger charge is 2.12. The molecule has 4 aromatic carbocycles. The number of aryl methyl sites for hydroxylation is 1. The summed E-state index contributed by atoms with van der Waals surface area (Å²) in [5.41, 5.74) is 6.33. The molecule has 1 radical (unpaired) electrons. The van der Waals surface area contributed by atoms with Gasteiger partial charge in [0.05, 0.1) is 25.5 Å². The Morgan fingerprint density at radius 2 is 1.42 bits per heavy atom. The van der Waals surface area contributed by atoms with Crippen molar-refractivity contribution in [1.29, 1.82) is 0 Å². The van der Waals surface area contributed by atoms with Crippen molar-refractivity contribution in [3.8, 4) is 28.3 Å². The zero-order valence-electron chi connectivity index (χ0n) is 20.3. The van der Waals surface area contributed by atoms with Crippen molar-refractivity contribution in [2.75, 3.05) is 6.61 Å². The van der Waals surface area contributed by atoms with E-state index in [9.17, 15) is 0 Å². The lowest BCUT2D eigenvalue weighted by Crippen LogP contribution is -2.03. The molecule has 0 unspecified atom stereocenters. The topological polar surface area (TPSA) is 44.5 Å². The molecule has 0 bridgehead atoms. The van der Waals surface area contributed by atoms with Crippen LogP contribution in [0.5, 0.6) is 5.75 Å². The van der Waals surface area contributed by atoms with E-state index in [4.69, 9.17) is 18.9 Å². The van der Waals surface area contributed by atoms with Crippen LogP contribution in [-0.4, -0.2) is 11.6 Å². The van der Waals surface area contributed by atoms with Crippen LogP contribution in [0.25, 0.3) is 22.6 Å². The van der Waals surface area contributed by atoms with Crippen molar-refractivity contribution in [3.05, 3.63) is 132 Å². The van der Waals surface area contributed by atoms with Crippen LogP contribution >= 0.6 is 0 Å². The zero-order chi connectivity index (χ0) is 24.6. The van der Waals surface area contributed by atoms with E-state index in [1.54, 1.807) is 0 Å². The quantitative estimate of drug-likeness (QED) is 0.211. The van der Waals surface area contributed by atoms with E-state index < -0.39 is 0 Å². The molecule has 0 saturated heterocycles. The van der Waals surface area contributed by atoms with E-state index in [0.717, 1.165) is 28.1 Å². The van der Waals surface area contributed by atoms with Crippen molar-refractivity contribution in [3.63, 3.8) is 0 Å². The minimum Gasteiger partial charge on any atom is -0.493 e. The molecule has 4 heteroatoms. The van der Waals surface area contributed by atoms with Gasteiger partial charge in [-0.25, -0.2) is 4.98 Å². The fourth-order valence-corrected chi connectivity index (χ4v) is 3.99. The Morgan fingerprint density at radius 3 is 2.19 bits per heavy atom. The number of ether oxygens (including phenoxy) is 2. The first-order valence-corrected chi connectivity index (χ1v) is 12.1. The second-order valence-electron chi connectivity index (χ2n) is 8.58. The SMILES string of the molecule is Cc1oc(-c2ccc(-c3ccccc3)cc2)nc1CCOc1[c]c(COCc2ccccc2)ccc1. The molecule has 5 rings (SSSR count). The Bertz CT molecular complexity index is 1380. The minimum absolute atomic E-state index is 0.487. The molecule has 1 aromatic heterocycles. The summed E-state index contributed by atoms with van der Waals surface area (Å²) in [4.78, 5) is 4.72. The van der Waals surface area contributed by atoms with Gasteiger partial charge in [0.25, 0.3) is 0 Å². The van der Waals surface area contributed by atoms with Crippen molar-refractivity contribution >= 4 is 0 Å². The first-order chi connectivity index (χ1) is 17.7. The van der Waals surface area contributed by atoms with Crippen LogP contribution in [0, 0.1) is 13.0 Å². The Morgan fingerprint density at radius 1 is 0.722 bits per heavy atom. The molecule has 0 aliphatic carbocycles. The van der Waals surface area contributed by atoms with Gasteiger partial charge in [0.15, 0.2) is 0 Å². The molecule has 179 valence electrons. The molecule has 36 heavy (non-hydrogen) atoms. The highest BCUT2D eigenvalue weighted by molar-refractivity contribution is 5.67. The number of nitrogens with zero attached hydrogens (tertiary/aromatic N) is 1. The molecule has 0 aliphatic rings. The van der Waals surface area contributed by atoms with Gasteiger partial charge < -0.3 is 13.9 Å². The summed E-state index contributed by atoms with van der Waals surface area (Å²) in [5, 5.41) is 0. The van der Waals surface area contributed by atoms with Crippen LogP contribution in [0.4, 0.5) is 0 Å². The summed E-state index contributed by atoms with van der Waals surface area (Å²) in [6.07, 6.45) is 0.653. The average molecular weight is 475 g/mol. The molecule has 0 amide bonds. The van der Waals surface area contributed by atoms with Crippen LogP contribution in [0.2, 0.25) is 0 Å². The van der Waals surface area contributed by atoms with E-state index in [1.165, 1.54) is 11.1 Å². The Kier molecular flexibility index (Phi) is 7.55. The van der Waals surface area contributed by atoms with E-state index in [2.05, 4.69) is 42.5 Å². The second-order valence-corrected chi connectivity index (χ2v) is 8.58. The van der Waals surface area contributed by atoms with Crippen LogP contribution in [0.3, 0.4) is 0 Å². The molecule has 0 aliphatic heterocycles. The Balaban J connectivity index is 1.14. The molecule has 0 fully saturated rings. The standard InChI is InChI=1S/C32H28NO3/c1-24-31(33-32(36-24)29-17-15-28(16-18-29)27-12-6-3-7-13-27)19-20-35-30-14-8-11-26(21-30)23-34-22-25-9-4-2-5-10-25/h2-18H,19-20,22-23H2,1H3. The Hall–Kier alpha value is -4.15. The van der Waals surface area contributed by atoms with E-state index in [0.29, 0.717) is 37.9 Å². The number of aromatic nitrogens is 1. The van der Waals surface area contributed by atoms with E-state index in [-0.39, 0.29) is 0 Å². The maximum absolute atomic E-state index is 5.96. The smallest absolute Gasteiger partial charge is 0.226 e. The third-order valence-corrected chi connectivity index (χ3v) is 5.93. The van der Waals surface area contributed by atoms with E-state index in [1.807, 2.05) is 73.7 Å². The predicted octanol–water partition coefficient (Wildman–Crippen LogP) is 7.46. The van der Waals surface area contributed by atoms with Gasteiger partial charge in [-0.1, -0.05) is 84.9 Å². The van der Waals surface area contributed by atoms with Gasteiger partial charge in [-0.05, 0) is 47.4 Å². The first kappa shape index (κ1) is 23.6. The van der Waals surface area contributed by atoms with Gasteiger partial charge in [0.1, 0.15) is 11.5 Å².